The molecule has 0 radical (unpaired) electrons. The van der Waals surface area contributed by atoms with Crippen LogP contribution in [-0.4, -0.2) is 39.7 Å². The highest BCUT2D eigenvalue weighted by molar-refractivity contribution is 7.99. The number of nitrogens with one attached hydrogen (secondary N) is 1. The third-order valence-electron chi connectivity index (χ3n) is 4.24. The Morgan fingerprint density at radius 2 is 2.29 bits per heavy atom. The Balaban J connectivity index is 1.69. The molecule has 1 spiro atoms. The summed E-state index contributed by atoms with van der Waals surface area (Å²) in [6.45, 7) is 7.29. The van der Waals surface area contributed by atoms with E-state index >= 15 is 0 Å². The molecular formula is C16H25N3OS. The van der Waals surface area contributed by atoms with E-state index in [9.17, 15) is 0 Å². The third-order valence-corrected chi connectivity index (χ3v) is 5.46. The number of anilines is 1. The molecule has 0 aliphatic carbocycles. The van der Waals surface area contributed by atoms with Crippen molar-refractivity contribution in [2.24, 2.45) is 0 Å². The predicted molar refractivity (Wildman–Crippen MR) is 88.0 cm³/mol. The Morgan fingerprint density at radius 3 is 3.00 bits per heavy atom. The Hall–Kier alpha value is -0.810. The van der Waals surface area contributed by atoms with Crippen LogP contribution < -0.4 is 5.32 Å². The standard InChI is InChI=1S/C16H25N3OS/c1-15(2,3)14-17-7-4-13(19-14)18-12-5-8-20-16(10-12)6-9-21-11-16/h4,7,12H,5-6,8-11H2,1-3H3,(H,17,18,19)/t12-,16-/m1/s1. The van der Waals surface area contributed by atoms with Gasteiger partial charge in [-0.1, -0.05) is 20.8 Å². The summed E-state index contributed by atoms with van der Waals surface area (Å²) in [6.07, 6.45) is 5.19. The van der Waals surface area contributed by atoms with Crippen molar-refractivity contribution >= 4 is 17.6 Å². The summed E-state index contributed by atoms with van der Waals surface area (Å²) in [5.74, 6) is 4.21. The van der Waals surface area contributed by atoms with Crippen molar-refractivity contribution in [2.75, 3.05) is 23.4 Å². The molecule has 1 aromatic rings. The second-order valence-electron chi connectivity index (χ2n) is 7.18. The first-order valence-electron chi connectivity index (χ1n) is 7.79. The minimum atomic E-state index is -0.0172. The Morgan fingerprint density at radius 1 is 1.43 bits per heavy atom. The van der Waals surface area contributed by atoms with Gasteiger partial charge < -0.3 is 10.1 Å². The van der Waals surface area contributed by atoms with Crippen LogP contribution in [0.4, 0.5) is 5.82 Å². The van der Waals surface area contributed by atoms with Crippen LogP contribution >= 0.6 is 11.8 Å². The zero-order valence-electron chi connectivity index (χ0n) is 13.2. The van der Waals surface area contributed by atoms with Gasteiger partial charge in [0.1, 0.15) is 11.6 Å². The zero-order valence-corrected chi connectivity index (χ0v) is 14.0. The van der Waals surface area contributed by atoms with Gasteiger partial charge >= 0.3 is 0 Å². The summed E-state index contributed by atoms with van der Waals surface area (Å²) in [5.41, 5.74) is 0.0944. The van der Waals surface area contributed by atoms with Gasteiger partial charge in [-0.05, 0) is 31.1 Å². The molecule has 0 saturated carbocycles. The maximum atomic E-state index is 6.08. The summed E-state index contributed by atoms with van der Waals surface area (Å²) in [6, 6.07) is 2.43. The van der Waals surface area contributed by atoms with Crippen LogP contribution in [0.1, 0.15) is 45.9 Å². The molecule has 0 amide bonds. The average Bonchev–Trinajstić information content (AvgIpc) is 2.86. The lowest BCUT2D eigenvalue weighted by molar-refractivity contribution is -0.0628. The molecule has 0 bridgehead atoms. The fourth-order valence-corrected chi connectivity index (χ4v) is 4.40. The monoisotopic (exact) mass is 307 g/mol. The SMILES string of the molecule is CC(C)(C)c1nccc(N[C@@H]2CCO[C@]3(CCSC3)C2)n1. The minimum absolute atomic E-state index is 0.0172. The lowest BCUT2D eigenvalue weighted by Crippen LogP contribution is -2.44. The molecule has 2 fully saturated rings. The van der Waals surface area contributed by atoms with Gasteiger partial charge in [0.15, 0.2) is 0 Å². The van der Waals surface area contributed by atoms with Crippen molar-refractivity contribution < 1.29 is 4.74 Å². The summed E-state index contributed by atoms with van der Waals surface area (Å²) < 4.78 is 6.08. The molecule has 2 atom stereocenters. The first-order chi connectivity index (χ1) is 9.97. The second-order valence-corrected chi connectivity index (χ2v) is 8.29. The summed E-state index contributed by atoms with van der Waals surface area (Å²) in [5, 5.41) is 3.60. The van der Waals surface area contributed by atoms with Crippen molar-refractivity contribution in [1.82, 2.24) is 9.97 Å². The van der Waals surface area contributed by atoms with Crippen molar-refractivity contribution in [1.29, 1.82) is 0 Å². The van der Waals surface area contributed by atoms with Crippen molar-refractivity contribution in [3.8, 4) is 0 Å². The van der Waals surface area contributed by atoms with E-state index < -0.39 is 0 Å². The molecule has 1 N–H and O–H groups in total. The Labute approximate surface area is 131 Å². The molecule has 5 heteroatoms. The number of aromatic nitrogens is 2. The first kappa shape index (κ1) is 15.1. The molecule has 116 valence electrons. The fraction of sp³-hybridized carbons (Fsp3) is 0.750. The van der Waals surface area contributed by atoms with Crippen molar-refractivity contribution in [3.63, 3.8) is 0 Å². The van der Waals surface area contributed by atoms with E-state index in [1.54, 1.807) is 0 Å². The Bertz CT molecular complexity index is 495. The predicted octanol–water partition coefficient (Wildman–Crippen LogP) is 3.24. The van der Waals surface area contributed by atoms with Crippen molar-refractivity contribution in [3.05, 3.63) is 18.1 Å². The van der Waals surface area contributed by atoms with E-state index in [4.69, 9.17) is 4.74 Å². The highest BCUT2D eigenvalue weighted by Gasteiger charge is 2.40. The van der Waals surface area contributed by atoms with Gasteiger partial charge in [-0.3, -0.25) is 0 Å². The van der Waals surface area contributed by atoms with Crippen LogP contribution in [0, 0.1) is 0 Å². The molecule has 2 aliphatic heterocycles. The van der Waals surface area contributed by atoms with Gasteiger partial charge in [-0.15, -0.1) is 0 Å². The normalized spacial score (nSPS) is 29.8. The molecule has 3 rings (SSSR count). The van der Waals surface area contributed by atoms with Gasteiger partial charge in [0.2, 0.25) is 0 Å². The maximum Gasteiger partial charge on any atom is 0.135 e. The van der Waals surface area contributed by atoms with E-state index in [0.29, 0.717) is 6.04 Å². The van der Waals surface area contributed by atoms with Crippen LogP contribution in [0.25, 0.3) is 0 Å². The smallest absolute Gasteiger partial charge is 0.135 e. The molecule has 21 heavy (non-hydrogen) atoms. The number of nitrogens with zero attached hydrogens (tertiary/aromatic N) is 2. The third kappa shape index (κ3) is 3.51. The van der Waals surface area contributed by atoms with Crippen LogP contribution in [0.3, 0.4) is 0 Å². The minimum Gasteiger partial charge on any atom is -0.374 e. The summed E-state index contributed by atoms with van der Waals surface area (Å²) in [7, 11) is 0. The molecule has 1 aromatic heterocycles. The lowest BCUT2D eigenvalue weighted by atomic mass is 9.90. The second kappa shape index (κ2) is 5.76. The van der Waals surface area contributed by atoms with Crippen molar-refractivity contribution in [2.45, 2.75) is 57.1 Å². The average molecular weight is 307 g/mol. The molecule has 2 aliphatic rings. The van der Waals surface area contributed by atoms with Crippen LogP contribution in [-0.2, 0) is 10.2 Å². The lowest BCUT2D eigenvalue weighted by Gasteiger charge is -2.38. The van der Waals surface area contributed by atoms with E-state index in [0.717, 1.165) is 36.8 Å². The highest BCUT2D eigenvalue weighted by atomic mass is 32.2. The maximum absolute atomic E-state index is 6.08. The van der Waals surface area contributed by atoms with E-state index in [1.165, 1.54) is 12.2 Å². The zero-order chi connectivity index (χ0) is 14.9. The van der Waals surface area contributed by atoms with Gasteiger partial charge in [0, 0.05) is 30.0 Å². The number of rotatable bonds is 2. The molecule has 0 aromatic carbocycles. The first-order valence-corrected chi connectivity index (χ1v) is 8.94. The fourth-order valence-electron chi connectivity index (χ4n) is 3.02. The quantitative estimate of drug-likeness (QED) is 0.909. The Kier molecular flexibility index (Phi) is 4.14. The number of ether oxygens (including phenoxy) is 1. The van der Waals surface area contributed by atoms with Crippen LogP contribution in [0.5, 0.6) is 0 Å². The molecule has 3 heterocycles. The highest BCUT2D eigenvalue weighted by Crippen LogP contribution is 2.38. The molecule has 2 saturated heterocycles. The largest absolute Gasteiger partial charge is 0.374 e. The molecule has 0 unspecified atom stereocenters. The molecule has 4 nitrogen and oxygen atoms in total. The number of thioether (sulfide) groups is 1. The van der Waals surface area contributed by atoms with Gasteiger partial charge in [-0.25, -0.2) is 9.97 Å². The number of hydrogen-bond acceptors (Lipinski definition) is 5. The van der Waals surface area contributed by atoms with Gasteiger partial charge in [0.05, 0.1) is 5.60 Å². The van der Waals surface area contributed by atoms with E-state index in [1.807, 2.05) is 24.0 Å². The van der Waals surface area contributed by atoms with Gasteiger partial charge in [0.25, 0.3) is 0 Å². The van der Waals surface area contributed by atoms with E-state index in [2.05, 4.69) is 36.1 Å². The topological polar surface area (TPSA) is 47.0 Å². The number of hydrogen-bond donors (Lipinski definition) is 1. The van der Waals surface area contributed by atoms with E-state index in [-0.39, 0.29) is 11.0 Å². The summed E-state index contributed by atoms with van der Waals surface area (Å²) >= 11 is 2.02. The van der Waals surface area contributed by atoms with Crippen LogP contribution in [0.15, 0.2) is 12.3 Å². The van der Waals surface area contributed by atoms with Crippen LogP contribution in [0.2, 0.25) is 0 Å². The van der Waals surface area contributed by atoms with Gasteiger partial charge in [-0.2, -0.15) is 11.8 Å². The summed E-state index contributed by atoms with van der Waals surface area (Å²) in [4.78, 5) is 9.08. The molecular weight excluding hydrogens is 282 g/mol.